The number of likely N-dealkylation sites (tertiary alicyclic amines) is 1. The summed E-state index contributed by atoms with van der Waals surface area (Å²) >= 11 is 2.09. The Kier molecular flexibility index (Phi) is 4.36. The van der Waals surface area contributed by atoms with Gasteiger partial charge in [-0.3, -0.25) is 4.79 Å². The molecule has 0 aromatic carbocycles. The van der Waals surface area contributed by atoms with Gasteiger partial charge in [-0.2, -0.15) is 11.8 Å². The van der Waals surface area contributed by atoms with Gasteiger partial charge in [0.15, 0.2) is 0 Å². The van der Waals surface area contributed by atoms with E-state index in [1.807, 2.05) is 4.90 Å². The van der Waals surface area contributed by atoms with Gasteiger partial charge in [0.2, 0.25) is 5.91 Å². The summed E-state index contributed by atoms with van der Waals surface area (Å²) in [6, 6.07) is 0. The molecule has 1 heterocycles. The minimum Gasteiger partial charge on any atom is -0.342 e. The van der Waals surface area contributed by atoms with Crippen molar-refractivity contribution in [1.29, 1.82) is 0 Å². The van der Waals surface area contributed by atoms with Crippen LogP contribution < -0.4 is 0 Å². The Labute approximate surface area is 96.8 Å². The molecule has 0 radical (unpaired) electrons. The number of thioether (sulfide) groups is 1. The van der Waals surface area contributed by atoms with Crippen molar-refractivity contribution in [2.45, 2.75) is 50.2 Å². The molecule has 3 heteroatoms. The third-order valence-corrected chi connectivity index (χ3v) is 4.80. The average Bonchev–Trinajstić information content (AvgIpc) is 2.66. The molecular formula is C12H21NOS. The van der Waals surface area contributed by atoms with Crippen LogP contribution in [0.3, 0.4) is 0 Å². The van der Waals surface area contributed by atoms with Gasteiger partial charge < -0.3 is 4.90 Å². The number of carbonyl (C=O) groups is 1. The van der Waals surface area contributed by atoms with E-state index in [2.05, 4.69) is 11.8 Å². The summed E-state index contributed by atoms with van der Waals surface area (Å²) in [6.45, 7) is 1.99. The predicted octanol–water partition coefficient (Wildman–Crippen LogP) is 2.67. The first-order valence-corrected chi connectivity index (χ1v) is 7.30. The van der Waals surface area contributed by atoms with Gasteiger partial charge in [-0.15, -0.1) is 0 Å². The molecule has 2 nitrogen and oxygen atoms in total. The zero-order valence-electron chi connectivity index (χ0n) is 9.41. The molecule has 2 fully saturated rings. The van der Waals surface area contributed by atoms with Crippen molar-refractivity contribution in [3.63, 3.8) is 0 Å². The van der Waals surface area contributed by atoms with Gasteiger partial charge in [0.05, 0.1) is 0 Å². The van der Waals surface area contributed by atoms with E-state index < -0.39 is 0 Å². The van der Waals surface area contributed by atoms with Crippen molar-refractivity contribution >= 4 is 17.7 Å². The van der Waals surface area contributed by atoms with Gasteiger partial charge in [-0.25, -0.2) is 0 Å². The van der Waals surface area contributed by atoms with Gasteiger partial charge in [-0.05, 0) is 19.3 Å². The van der Waals surface area contributed by atoms with Crippen molar-refractivity contribution in [1.82, 2.24) is 4.90 Å². The average molecular weight is 227 g/mol. The molecule has 1 amide bonds. The second-order valence-electron chi connectivity index (χ2n) is 4.62. The summed E-state index contributed by atoms with van der Waals surface area (Å²) < 4.78 is 0. The van der Waals surface area contributed by atoms with Crippen LogP contribution >= 0.6 is 11.8 Å². The lowest BCUT2D eigenvalue weighted by molar-refractivity contribution is -0.127. The Hall–Kier alpha value is -0.180. The standard InChI is InChI=1S/C12H21NOS/c14-12-7-4-8-13(12)9-10-15-11-5-2-1-3-6-11/h11H,1-10H2. The Balaban J connectivity index is 1.59. The Bertz CT molecular complexity index is 214. The molecule has 1 saturated carbocycles. The van der Waals surface area contributed by atoms with Gasteiger partial charge in [0.1, 0.15) is 0 Å². The van der Waals surface area contributed by atoms with Crippen molar-refractivity contribution in [3.05, 3.63) is 0 Å². The van der Waals surface area contributed by atoms with E-state index in [-0.39, 0.29) is 0 Å². The predicted molar refractivity (Wildman–Crippen MR) is 65.1 cm³/mol. The molecule has 1 aliphatic heterocycles. The monoisotopic (exact) mass is 227 g/mol. The first-order chi connectivity index (χ1) is 7.36. The van der Waals surface area contributed by atoms with Gasteiger partial charge in [0.25, 0.3) is 0 Å². The molecule has 0 spiro atoms. The van der Waals surface area contributed by atoms with E-state index in [1.165, 1.54) is 32.1 Å². The highest BCUT2D eigenvalue weighted by Gasteiger charge is 2.20. The summed E-state index contributed by atoms with van der Waals surface area (Å²) in [6.07, 6.45) is 8.93. The van der Waals surface area contributed by atoms with Crippen molar-refractivity contribution in [2.24, 2.45) is 0 Å². The van der Waals surface area contributed by atoms with Crippen LogP contribution in [0.4, 0.5) is 0 Å². The zero-order chi connectivity index (χ0) is 10.5. The fraction of sp³-hybridized carbons (Fsp3) is 0.917. The van der Waals surface area contributed by atoms with Crippen LogP contribution in [0.5, 0.6) is 0 Å². The van der Waals surface area contributed by atoms with E-state index in [0.717, 1.165) is 36.9 Å². The quantitative estimate of drug-likeness (QED) is 0.736. The van der Waals surface area contributed by atoms with E-state index >= 15 is 0 Å². The largest absolute Gasteiger partial charge is 0.342 e. The van der Waals surface area contributed by atoms with Crippen molar-refractivity contribution in [3.8, 4) is 0 Å². The van der Waals surface area contributed by atoms with Crippen LogP contribution in [0.2, 0.25) is 0 Å². The highest BCUT2D eigenvalue weighted by Crippen LogP contribution is 2.28. The highest BCUT2D eigenvalue weighted by molar-refractivity contribution is 7.99. The van der Waals surface area contributed by atoms with E-state index in [1.54, 1.807) is 0 Å². The van der Waals surface area contributed by atoms with Gasteiger partial charge in [-0.1, -0.05) is 19.3 Å². The molecule has 0 atom stereocenters. The molecule has 0 aromatic heterocycles. The molecule has 0 N–H and O–H groups in total. The second-order valence-corrected chi connectivity index (χ2v) is 6.02. The molecule has 2 rings (SSSR count). The van der Waals surface area contributed by atoms with Gasteiger partial charge >= 0.3 is 0 Å². The molecule has 1 saturated heterocycles. The fourth-order valence-electron chi connectivity index (χ4n) is 2.50. The number of carbonyl (C=O) groups excluding carboxylic acids is 1. The number of nitrogens with zero attached hydrogens (tertiary/aromatic N) is 1. The smallest absolute Gasteiger partial charge is 0.222 e. The Morgan fingerprint density at radius 1 is 1.20 bits per heavy atom. The first-order valence-electron chi connectivity index (χ1n) is 6.25. The van der Waals surface area contributed by atoms with E-state index in [0.29, 0.717) is 5.91 Å². The second kappa shape index (κ2) is 5.78. The van der Waals surface area contributed by atoms with Crippen LogP contribution in [-0.2, 0) is 4.79 Å². The van der Waals surface area contributed by atoms with Crippen molar-refractivity contribution in [2.75, 3.05) is 18.8 Å². The summed E-state index contributed by atoms with van der Waals surface area (Å²) in [5.74, 6) is 1.52. The number of amides is 1. The van der Waals surface area contributed by atoms with Gasteiger partial charge in [0, 0.05) is 30.5 Å². The summed E-state index contributed by atoms with van der Waals surface area (Å²) in [7, 11) is 0. The summed E-state index contributed by atoms with van der Waals surface area (Å²) in [4.78, 5) is 13.4. The van der Waals surface area contributed by atoms with Crippen LogP contribution in [0.15, 0.2) is 0 Å². The Morgan fingerprint density at radius 2 is 2.00 bits per heavy atom. The number of rotatable bonds is 4. The lowest BCUT2D eigenvalue weighted by Crippen LogP contribution is -2.27. The molecular weight excluding hydrogens is 206 g/mol. The van der Waals surface area contributed by atoms with Crippen LogP contribution in [0.1, 0.15) is 44.9 Å². The van der Waals surface area contributed by atoms with Crippen molar-refractivity contribution < 1.29 is 4.79 Å². The number of hydrogen-bond acceptors (Lipinski definition) is 2. The van der Waals surface area contributed by atoms with Crippen LogP contribution in [-0.4, -0.2) is 34.9 Å². The molecule has 0 unspecified atom stereocenters. The topological polar surface area (TPSA) is 20.3 Å². The third kappa shape index (κ3) is 3.40. The van der Waals surface area contributed by atoms with Crippen LogP contribution in [0.25, 0.3) is 0 Å². The minimum atomic E-state index is 0.374. The molecule has 15 heavy (non-hydrogen) atoms. The lowest BCUT2D eigenvalue weighted by atomic mass is 10.0. The summed E-state index contributed by atoms with van der Waals surface area (Å²) in [5, 5.41) is 0.886. The Morgan fingerprint density at radius 3 is 2.67 bits per heavy atom. The molecule has 0 aromatic rings. The van der Waals surface area contributed by atoms with E-state index in [9.17, 15) is 4.79 Å². The lowest BCUT2D eigenvalue weighted by Gasteiger charge is -2.22. The number of hydrogen-bond donors (Lipinski definition) is 0. The van der Waals surface area contributed by atoms with Crippen LogP contribution in [0, 0.1) is 0 Å². The molecule has 2 aliphatic rings. The molecule has 86 valence electrons. The molecule has 0 bridgehead atoms. The summed E-state index contributed by atoms with van der Waals surface area (Å²) in [5.41, 5.74) is 0. The first kappa shape index (κ1) is 11.3. The fourth-order valence-corrected chi connectivity index (χ4v) is 3.83. The zero-order valence-corrected chi connectivity index (χ0v) is 10.2. The maximum absolute atomic E-state index is 11.4. The highest BCUT2D eigenvalue weighted by atomic mass is 32.2. The minimum absolute atomic E-state index is 0.374. The third-order valence-electron chi connectivity index (χ3n) is 3.44. The normalized spacial score (nSPS) is 23.7. The van der Waals surface area contributed by atoms with E-state index in [4.69, 9.17) is 0 Å². The SMILES string of the molecule is O=C1CCCN1CCSC1CCCCC1. The maximum atomic E-state index is 11.4. The molecule has 1 aliphatic carbocycles. The maximum Gasteiger partial charge on any atom is 0.222 e.